The number of hydrogen-bond donors (Lipinski definition) is 1. The fraction of sp³-hybridized carbons (Fsp3) is 0.227. The first kappa shape index (κ1) is 18.1. The Hall–Kier alpha value is -3.28. The Morgan fingerprint density at radius 3 is 2.46 bits per heavy atom. The van der Waals surface area contributed by atoms with Gasteiger partial charge in [-0.25, -0.2) is 9.18 Å². The van der Waals surface area contributed by atoms with Crippen LogP contribution in [0.4, 0.5) is 9.18 Å². The monoisotopic (exact) mass is 379 g/mol. The van der Waals surface area contributed by atoms with Crippen molar-refractivity contribution in [3.63, 3.8) is 0 Å². The first-order valence-corrected chi connectivity index (χ1v) is 9.32. The van der Waals surface area contributed by atoms with E-state index < -0.39 is 0 Å². The number of carbonyl (C=O) groups is 1. The van der Waals surface area contributed by atoms with E-state index in [9.17, 15) is 9.18 Å². The molecule has 0 bridgehead atoms. The third kappa shape index (κ3) is 3.86. The molecule has 0 fully saturated rings. The molecule has 0 saturated carbocycles. The van der Waals surface area contributed by atoms with Crippen LogP contribution in [0.1, 0.15) is 24.2 Å². The van der Waals surface area contributed by atoms with Gasteiger partial charge in [0, 0.05) is 31.5 Å². The number of urea groups is 1. The van der Waals surface area contributed by atoms with Crippen molar-refractivity contribution in [1.82, 2.24) is 14.8 Å². The van der Waals surface area contributed by atoms with Gasteiger partial charge in [-0.2, -0.15) is 0 Å². The van der Waals surface area contributed by atoms with Crippen LogP contribution >= 0.6 is 0 Å². The van der Waals surface area contributed by atoms with Gasteiger partial charge in [-0.1, -0.05) is 12.1 Å². The lowest BCUT2D eigenvalue weighted by molar-refractivity contribution is 0.162. The second-order valence-electron chi connectivity index (χ2n) is 6.85. The molecule has 3 aromatic rings. The summed E-state index contributed by atoms with van der Waals surface area (Å²) in [6.45, 7) is 4.00. The van der Waals surface area contributed by atoms with Crippen molar-refractivity contribution in [2.45, 2.75) is 26.1 Å². The zero-order valence-electron chi connectivity index (χ0n) is 15.6. The number of benzene rings is 2. The van der Waals surface area contributed by atoms with Gasteiger partial charge in [-0.15, -0.1) is 0 Å². The van der Waals surface area contributed by atoms with Crippen LogP contribution in [0.2, 0.25) is 0 Å². The van der Waals surface area contributed by atoms with Crippen molar-refractivity contribution >= 4 is 6.03 Å². The van der Waals surface area contributed by atoms with Gasteiger partial charge in [0.05, 0.1) is 6.04 Å². The van der Waals surface area contributed by atoms with Gasteiger partial charge in [0.25, 0.3) is 0 Å². The molecule has 6 heteroatoms. The van der Waals surface area contributed by atoms with Gasteiger partial charge >= 0.3 is 6.03 Å². The molecule has 0 spiro atoms. The molecule has 4 rings (SSSR count). The van der Waals surface area contributed by atoms with Crippen molar-refractivity contribution in [2.75, 3.05) is 6.54 Å². The number of carbonyl (C=O) groups excluding carboxylic acids is 1. The van der Waals surface area contributed by atoms with Crippen LogP contribution in [0.5, 0.6) is 11.5 Å². The fourth-order valence-electron chi connectivity index (χ4n) is 3.45. The van der Waals surface area contributed by atoms with Crippen LogP contribution in [0.3, 0.4) is 0 Å². The van der Waals surface area contributed by atoms with Gasteiger partial charge < -0.3 is 19.5 Å². The minimum absolute atomic E-state index is 0.0511. The van der Waals surface area contributed by atoms with E-state index in [4.69, 9.17) is 4.74 Å². The van der Waals surface area contributed by atoms with Crippen molar-refractivity contribution in [1.29, 1.82) is 0 Å². The summed E-state index contributed by atoms with van der Waals surface area (Å²) in [6.07, 6.45) is 2.05. The molecule has 2 amide bonds. The highest BCUT2D eigenvalue weighted by Gasteiger charge is 2.27. The summed E-state index contributed by atoms with van der Waals surface area (Å²) >= 11 is 0. The van der Waals surface area contributed by atoms with Gasteiger partial charge in [0.2, 0.25) is 0 Å². The summed E-state index contributed by atoms with van der Waals surface area (Å²) in [6, 6.07) is 17.4. The second kappa shape index (κ2) is 7.76. The molecule has 144 valence electrons. The maximum absolute atomic E-state index is 12.9. The number of amides is 2. The summed E-state index contributed by atoms with van der Waals surface area (Å²) in [4.78, 5) is 14.5. The Bertz CT molecular complexity index is 951. The zero-order valence-corrected chi connectivity index (χ0v) is 15.6. The largest absolute Gasteiger partial charge is 0.457 e. The number of nitrogens with one attached hydrogen (secondary N) is 1. The molecule has 5 nitrogen and oxygen atoms in total. The Kier molecular flexibility index (Phi) is 5.02. The Balaban J connectivity index is 1.32. The lowest BCUT2D eigenvalue weighted by Gasteiger charge is -2.34. The lowest BCUT2D eigenvalue weighted by Crippen LogP contribution is -2.45. The third-order valence-corrected chi connectivity index (χ3v) is 5.02. The molecule has 1 unspecified atom stereocenters. The molecule has 1 aliphatic rings. The molecular formula is C22H22FN3O2. The molecule has 2 heterocycles. The van der Waals surface area contributed by atoms with Crippen LogP contribution in [-0.4, -0.2) is 22.0 Å². The van der Waals surface area contributed by atoms with Crippen LogP contribution in [0.15, 0.2) is 66.9 Å². The predicted molar refractivity (Wildman–Crippen MR) is 105 cm³/mol. The van der Waals surface area contributed by atoms with Gasteiger partial charge in [0.1, 0.15) is 17.3 Å². The summed E-state index contributed by atoms with van der Waals surface area (Å²) in [7, 11) is 0. The number of aromatic nitrogens is 1. The zero-order chi connectivity index (χ0) is 19.5. The van der Waals surface area contributed by atoms with Crippen molar-refractivity contribution in [3.8, 4) is 11.5 Å². The molecule has 0 aliphatic carbocycles. The molecule has 28 heavy (non-hydrogen) atoms. The summed E-state index contributed by atoms with van der Waals surface area (Å²) in [5, 5.41) is 2.99. The van der Waals surface area contributed by atoms with E-state index in [-0.39, 0.29) is 17.9 Å². The second-order valence-corrected chi connectivity index (χ2v) is 6.85. The van der Waals surface area contributed by atoms with E-state index in [1.165, 1.54) is 12.1 Å². The van der Waals surface area contributed by atoms with Crippen molar-refractivity contribution < 1.29 is 13.9 Å². The average molecular weight is 379 g/mol. The van der Waals surface area contributed by atoms with E-state index in [0.29, 0.717) is 24.6 Å². The quantitative estimate of drug-likeness (QED) is 0.714. The maximum atomic E-state index is 12.9. The number of ether oxygens (including phenoxy) is 1. The molecule has 1 aliphatic heterocycles. The minimum Gasteiger partial charge on any atom is -0.457 e. The van der Waals surface area contributed by atoms with Crippen LogP contribution in [0, 0.1) is 5.82 Å². The molecule has 1 aromatic heterocycles. The van der Waals surface area contributed by atoms with E-state index in [1.807, 2.05) is 42.2 Å². The number of hydrogen-bond acceptors (Lipinski definition) is 2. The standard InChI is InChI=1S/C22H22FN3O2/c1-16-21-3-2-12-25(21)13-14-26(16)22(27)24-15-17-4-8-19(9-5-17)28-20-10-6-18(23)7-11-20/h2-12,16H,13-15H2,1H3,(H,24,27). The SMILES string of the molecule is CC1c2cccn2CCN1C(=O)NCc1ccc(Oc2ccc(F)cc2)cc1. The van der Waals surface area contributed by atoms with Crippen LogP contribution in [0.25, 0.3) is 0 Å². The van der Waals surface area contributed by atoms with E-state index >= 15 is 0 Å². The highest BCUT2D eigenvalue weighted by molar-refractivity contribution is 5.74. The number of halogens is 1. The van der Waals surface area contributed by atoms with E-state index in [2.05, 4.69) is 22.1 Å². The van der Waals surface area contributed by atoms with E-state index in [0.717, 1.165) is 17.8 Å². The summed E-state index contributed by atoms with van der Waals surface area (Å²) < 4.78 is 20.8. The first-order chi connectivity index (χ1) is 13.6. The van der Waals surface area contributed by atoms with Crippen LogP contribution < -0.4 is 10.1 Å². The fourth-order valence-corrected chi connectivity index (χ4v) is 3.45. The third-order valence-electron chi connectivity index (χ3n) is 5.02. The lowest BCUT2D eigenvalue weighted by atomic mass is 10.1. The predicted octanol–water partition coefficient (Wildman–Crippen LogP) is 4.71. The molecular weight excluding hydrogens is 357 g/mol. The number of fused-ring (bicyclic) bond motifs is 1. The highest BCUT2D eigenvalue weighted by Crippen LogP contribution is 2.25. The number of rotatable bonds is 4. The van der Waals surface area contributed by atoms with Gasteiger partial charge in [-0.05, 0) is 61.0 Å². The Labute approximate surface area is 163 Å². The molecule has 0 radical (unpaired) electrons. The summed E-state index contributed by atoms with van der Waals surface area (Å²) in [5.41, 5.74) is 2.14. The van der Waals surface area contributed by atoms with E-state index in [1.54, 1.807) is 12.1 Å². The normalized spacial score (nSPS) is 15.8. The first-order valence-electron chi connectivity index (χ1n) is 9.32. The minimum atomic E-state index is -0.297. The molecule has 2 aromatic carbocycles. The average Bonchev–Trinajstić information content (AvgIpc) is 3.19. The van der Waals surface area contributed by atoms with Crippen molar-refractivity contribution in [3.05, 3.63) is 83.9 Å². The van der Waals surface area contributed by atoms with Gasteiger partial charge in [0.15, 0.2) is 0 Å². The number of nitrogens with zero attached hydrogens (tertiary/aromatic N) is 2. The van der Waals surface area contributed by atoms with Crippen molar-refractivity contribution in [2.24, 2.45) is 0 Å². The Morgan fingerprint density at radius 1 is 1.07 bits per heavy atom. The smallest absolute Gasteiger partial charge is 0.318 e. The molecule has 0 saturated heterocycles. The topological polar surface area (TPSA) is 46.5 Å². The maximum Gasteiger partial charge on any atom is 0.318 e. The summed E-state index contributed by atoms with van der Waals surface area (Å²) in [5.74, 6) is 0.938. The van der Waals surface area contributed by atoms with Gasteiger partial charge in [-0.3, -0.25) is 0 Å². The molecule has 1 atom stereocenters. The highest BCUT2D eigenvalue weighted by atomic mass is 19.1. The Morgan fingerprint density at radius 2 is 1.75 bits per heavy atom. The van der Waals surface area contributed by atoms with Crippen LogP contribution in [-0.2, 0) is 13.1 Å². The molecule has 1 N–H and O–H groups in total.